The molecule has 1 N–H and O–H groups in total. The van der Waals surface area contributed by atoms with Crippen molar-refractivity contribution in [2.24, 2.45) is 5.10 Å². The Bertz CT molecular complexity index is 670. The van der Waals surface area contributed by atoms with E-state index in [0.717, 1.165) is 11.3 Å². The molecule has 2 aromatic rings. The number of halogens is 2. The first-order chi connectivity index (χ1) is 10.6. The number of hydrazone groups is 1. The van der Waals surface area contributed by atoms with Gasteiger partial charge in [-0.3, -0.25) is 4.79 Å². The molecule has 6 heteroatoms. The Hall–Kier alpha value is -1.49. The highest BCUT2D eigenvalue weighted by molar-refractivity contribution is 7.99. The Balaban J connectivity index is 2.14. The molecule has 22 heavy (non-hydrogen) atoms. The molecule has 0 fully saturated rings. The third-order valence-corrected chi connectivity index (χ3v) is 3.92. The topological polar surface area (TPSA) is 41.5 Å². The van der Waals surface area contributed by atoms with Gasteiger partial charge in [0.1, 0.15) is 0 Å². The lowest BCUT2D eigenvalue weighted by molar-refractivity contribution is 0.0955. The van der Waals surface area contributed by atoms with Gasteiger partial charge in [-0.05, 0) is 48.2 Å². The van der Waals surface area contributed by atoms with E-state index in [2.05, 4.69) is 10.5 Å². The third kappa shape index (κ3) is 4.77. The van der Waals surface area contributed by atoms with E-state index in [0.29, 0.717) is 21.4 Å². The maximum Gasteiger partial charge on any atom is 0.271 e. The highest BCUT2D eigenvalue weighted by Crippen LogP contribution is 2.13. The number of carbonyl (C=O) groups excluding carboxylic acids is 1. The van der Waals surface area contributed by atoms with Crippen LogP contribution in [0.25, 0.3) is 0 Å². The molecule has 0 saturated heterocycles. The molecule has 0 aromatic heterocycles. The first kappa shape index (κ1) is 16.9. The Morgan fingerprint density at radius 1 is 1.00 bits per heavy atom. The monoisotopic (exact) mass is 352 g/mol. The smallest absolute Gasteiger partial charge is 0.267 e. The normalized spacial score (nSPS) is 11.3. The maximum absolute atomic E-state index is 12.1. The van der Waals surface area contributed by atoms with Gasteiger partial charge in [0.2, 0.25) is 0 Å². The minimum absolute atomic E-state index is 0.274. The predicted octanol–water partition coefficient (Wildman–Crippen LogP) is 4.49. The summed E-state index contributed by atoms with van der Waals surface area (Å²) >= 11 is 13.3. The third-order valence-electron chi connectivity index (χ3n) is 2.86. The van der Waals surface area contributed by atoms with Crippen LogP contribution in [0, 0.1) is 0 Å². The molecule has 0 heterocycles. The van der Waals surface area contributed by atoms with Crippen LogP contribution in [0.4, 0.5) is 0 Å². The van der Waals surface area contributed by atoms with E-state index >= 15 is 0 Å². The average Bonchev–Trinajstić information content (AvgIpc) is 2.53. The van der Waals surface area contributed by atoms with E-state index in [9.17, 15) is 4.79 Å². The second kappa shape index (κ2) is 8.22. The van der Waals surface area contributed by atoms with Gasteiger partial charge in [-0.15, -0.1) is 0 Å². The summed E-state index contributed by atoms with van der Waals surface area (Å²) in [5.41, 5.74) is 4.79. The van der Waals surface area contributed by atoms with Gasteiger partial charge in [-0.25, -0.2) is 5.43 Å². The molecule has 0 saturated carbocycles. The number of carbonyl (C=O) groups is 1. The van der Waals surface area contributed by atoms with Crippen LogP contribution >= 0.6 is 35.0 Å². The standard InChI is InChI=1S/C16H14Cl2N2OS/c1-22-10-15(11-2-6-13(17)7-3-11)19-20-16(21)12-4-8-14(18)9-5-12/h2-9H,10H2,1H3,(H,20,21). The number of hydrogen-bond acceptors (Lipinski definition) is 3. The van der Waals surface area contributed by atoms with Crippen molar-refractivity contribution in [1.29, 1.82) is 0 Å². The zero-order chi connectivity index (χ0) is 15.9. The van der Waals surface area contributed by atoms with Gasteiger partial charge < -0.3 is 0 Å². The fourth-order valence-corrected chi connectivity index (χ4v) is 2.50. The summed E-state index contributed by atoms with van der Waals surface area (Å²) in [6.07, 6.45) is 1.98. The van der Waals surface area contributed by atoms with E-state index in [1.54, 1.807) is 48.2 Å². The summed E-state index contributed by atoms with van der Waals surface area (Å²) in [6, 6.07) is 14.0. The fraction of sp³-hybridized carbons (Fsp3) is 0.125. The molecule has 0 unspecified atom stereocenters. The van der Waals surface area contributed by atoms with Crippen molar-refractivity contribution in [2.45, 2.75) is 0 Å². The van der Waals surface area contributed by atoms with Crippen LogP contribution in [-0.2, 0) is 0 Å². The number of benzene rings is 2. The van der Waals surface area contributed by atoms with Crippen molar-refractivity contribution < 1.29 is 4.79 Å². The SMILES string of the molecule is CSCC(=NNC(=O)c1ccc(Cl)cc1)c1ccc(Cl)cc1. The summed E-state index contributed by atoms with van der Waals surface area (Å²) in [6.45, 7) is 0. The lowest BCUT2D eigenvalue weighted by Crippen LogP contribution is -2.21. The zero-order valence-corrected chi connectivity index (χ0v) is 14.2. The minimum atomic E-state index is -0.274. The van der Waals surface area contributed by atoms with Crippen LogP contribution in [0.2, 0.25) is 10.0 Å². The molecule has 114 valence electrons. The van der Waals surface area contributed by atoms with Gasteiger partial charge in [0, 0.05) is 21.4 Å². The van der Waals surface area contributed by atoms with E-state index in [4.69, 9.17) is 23.2 Å². The van der Waals surface area contributed by atoms with Crippen LogP contribution in [0.15, 0.2) is 53.6 Å². The molecule has 0 aliphatic heterocycles. The van der Waals surface area contributed by atoms with Crippen molar-refractivity contribution in [1.82, 2.24) is 5.43 Å². The van der Waals surface area contributed by atoms with Crippen LogP contribution in [0.5, 0.6) is 0 Å². The Morgan fingerprint density at radius 3 is 2.00 bits per heavy atom. The molecule has 0 spiro atoms. The number of thioether (sulfide) groups is 1. The largest absolute Gasteiger partial charge is 0.271 e. The van der Waals surface area contributed by atoms with Crippen molar-refractivity contribution in [3.05, 3.63) is 69.7 Å². The van der Waals surface area contributed by atoms with Crippen molar-refractivity contribution in [2.75, 3.05) is 12.0 Å². The molecule has 0 bridgehead atoms. The number of rotatable bonds is 5. The molecular weight excluding hydrogens is 339 g/mol. The van der Waals surface area contributed by atoms with Gasteiger partial charge in [-0.1, -0.05) is 35.3 Å². The van der Waals surface area contributed by atoms with E-state index < -0.39 is 0 Å². The van der Waals surface area contributed by atoms with Crippen molar-refractivity contribution >= 4 is 46.6 Å². The number of hydrogen-bond donors (Lipinski definition) is 1. The van der Waals surface area contributed by atoms with Gasteiger partial charge in [0.15, 0.2) is 0 Å². The van der Waals surface area contributed by atoms with Crippen LogP contribution < -0.4 is 5.43 Å². The maximum atomic E-state index is 12.1. The van der Waals surface area contributed by atoms with Gasteiger partial charge >= 0.3 is 0 Å². The molecule has 0 radical (unpaired) electrons. The second-order valence-corrected chi connectivity index (χ2v) is 6.19. The summed E-state index contributed by atoms with van der Waals surface area (Å²) in [7, 11) is 0. The molecule has 0 atom stereocenters. The summed E-state index contributed by atoms with van der Waals surface area (Å²) in [5.74, 6) is 0.409. The zero-order valence-electron chi connectivity index (χ0n) is 11.8. The first-order valence-corrected chi connectivity index (χ1v) is 8.62. The van der Waals surface area contributed by atoms with E-state index in [-0.39, 0.29) is 5.91 Å². The first-order valence-electron chi connectivity index (χ1n) is 6.47. The number of nitrogens with zero attached hydrogens (tertiary/aromatic N) is 1. The predicted molar refractivity (Wildman–Crippen MR) is 95.3 cm³/mol. The van der Waals surface area contributed by atoms with Crippen molar-refractivity contribution in [3.8, 4) is 0 Å². The Labute approximate surface area is 143 Å². The van der Waals surface area contributed by atoms with Gasteiger partial charge in [0.05, 0.1) is 5.71 Å². The van der Waals surface area contributed by atoms with E-state index in [1.165, 1.54) is 0 Å². The minimum Gasteiger partial charge on any atom is -0.267 e. The summed E-state index contributed by atoms with van der Waals surface area (Å²) in [5, 5.41) is 5.48. The fourth-order valence-electron chi connectivity index (χ4n) is 1.74. The van der Waals surface area contributed by atoms with E-state index in [1.807, 2.05) is 18.4 Å². The quantitative estimate of drug-likeness (QED) is 0.636. The van der Waals surface area contributed by atoms with Crippen LogP contribution in [0.1, 0.15) is 15.9 Å². The average molecular weight is 353 g/mol. The summed E-state index contributed by atoms with van der Waals surface area (Å²) < 4.78 is 0. The molecule has 2 rings (SSSR count). The Morgan fingerprint density at radius 2 is 1.50 bits per heavy atom. The summed E-state index contributed by atoms with van der Waals surface area (Å²) in [4.78, 5) is 12.1. The van der Waals surface area contributed by atoms with Crippen LogP contribution in [-0.4, -0.2) is 23.6 Å². The lowest BCUT2D eigenvalue weighted by Gasteiger charge is -2.06. The number of amides is 1. The second-order valence-electron chi connectivity index (χ2n) is 4.45. The van der Waals surface area contributed by atoms with Gasteiger partial charge in [-0.2, -0.15) is 16.9 Å². The molecular formula is C16H14Cl2N2OS. The highest BCUT2D eigenvalue weighted by Gasteiger charge is 2.07. The molecule has 3 nitrogen and oxygen atoms in total. The molecule has 1 amide bonds. The lowest BCUT2D eigenvalue weighted by atomic mass is 10.1. The van der Waals surface area contributed by atoms with Gasteiger partial charge in [0.25, 0.3) is 5.91 Å². The highest BCUT2D eigenvalue weighted by atomic mass is 35.5. The Kier molecular flexibility index (Phi) is 6.31. The molecule has 0 aliphatic carbocycles. The van der Waals surface area contributed by atoms with Crippen molar-refractivity contribution in [3.63, 3.8) is 0 Å². The van der Waals surface area contributed by atoms with Crippen LogP contribution in [0.3, 0.4) is 0 Å². The molecule has 2 aromatic carbocycles. The molecule has 0 aliphatic rings. The number of nitrogens with one attached hydrogen (secondary N) is 1.